The van der Waals surface area contributed by atoms with Crippen LogP contribution in [0, 0.1) is 0 Å². The number of furan rings is 1. The number of rotatable bonds is 3. The number of nitrogen functional groups attached to an aromatic ring is 1. The van der Waals surface area contributed by atoms with Gasteiger partial charge in [0, 0.05) is 23.2 Å². The van der Waals surface area contributed by atoms with Gasteiger partial charge in [0.15, 0.2) is 0 Å². The quantitative estimate of drug-likeness (QED) is 0.687. The van der Waals surface area contributed by atoms with Gasteiger partial charge in [-0.1, -0.05) is 0 Å². The van der Waals surface area contributed by atoms with Crippen molar-refractivity contribution in [3.05, 3.63) is 48.7 Å². The SMILES string of the molecule is Nc1ccc2ncnc(NCc3ccoc3)c2c1. The van der Waals surface area contributed by atoms with Crippen molar-refractivity contribution in [3.8, 4) is 0 Å². The fourth-order valence-electron chi connectivity index (χ4n) is 1.79. The van der Waals surface area contributed by atoms with E-state index >= 15 is 0 Å². The molecular formula is C13H12N4O. The zero-order chi connectivity index (χ0) is 12.4. The fraction of sp³-hybridized carbons (Fsp3) is 0.0769. The van der Waals surface area contributed by atoms with E-state index in [-0.39, 0.29) is 0 Å². The molecule has 0 aliphatic heterocycles. The molecule has 5 nitrogen and oxygen atoms in total. The molecule has 2 heterocycles. The molecule has 0 aliphatic rings. The molecule has 0 fully saturated rings. The van der Waals surface area contributed by atoms with E-state index in [1.165, 1.54) is 6.33 Å². The molecule has 18 heavy (non-hydrogen) atoms. The number of hydrogen-bond acceptors (Lipinski definition) is 5. The van der Waals surface area contributed by atoms with Crippen LogP contribution in [0.3, 0.4) is 0 Å². The van der Waals surface area contributed by atoms with E-state index in [4.69, 9.17) is 10.2 Å². The highest BCUT2D eigenvalue weighted by Gasteiger charge is 2.04. The lowest BCUT2D eigenvalue weighted by atomic mass is 10.2. The van der Waals surface area contributed by atoms with Gasteiger partial charge in [-0.3, -0.25) is 0 Å². The number of nitrogens with zero attached hydrogens (tertiary/aromatic N) is 2. The van der Waals surface area contributed by atoms with Gasteiger partial charge < -0.3 is 15.5 Å². The van der Waals surface area contributed by atoms with Gasteiger partial charge in [0.2, 0.25) is 0 Å². The predicted octanol–water partition coefficient (Wildman–Crippen LogP) is 2.42. The molecule has 3 N–H and O–H groups in total. The standard InChI is InChI=1S/C13H12N4O/c14-10-1-2-12-11(5-10)13(17-8-16-12)15-6-9-3-4-18-7-9/h1-5,7-8H,6,14H2,(H,15,16,17). The minimum Gasteiger partial charge on any atom is -0.472 e. The number of benzene rings is 1. The van der Waals surface area contributed by atoms with E-state index in [2.05, 4.69) is 15.3 Å². The predicted molar refractivity (Wildman–Crippen MR) is 70.0 cm³/mol. The summed E-state index contributed by atoms with van der Waals surface area (Å²) in [5, 5.41) is 4.17. The second-order valence-corrected chi connectivity index (χ2v) is 3.98. The first-order chi connectivity index (χ1) is 8.83. The lowest BCUT2D eigenvalue weighted by Gasteiger charge is -2.07. The van der Waals surface area contributed by atoms with Crippen LogP contribution in [-0.2, 0) is 6.54 Å². The maximum atomic E-state index is 5.79. The first-order valence-electron chi connectivity index (χ1n) is 5.58. The van der Waals surface area contributed by atoms with Crippen LogP contribution in [0.25, 0.3) is 10.9 Å². The van der Waals surface area contributed by atoms with E-state index in [9.17, 15) is 0 Å². The van der Waals surface area contributed by atoms with E-state index < -0.39 is 0 Å². The molecule has 90 valence electrons. The van der Waals surface area contributed by atoms with Crippen LogP contribution < -0.4 is 11.1 Å². The Morgan fingerprint density at radius 2 is 2.17 bits per heavy atom. The second-order valence-electron chi connectivity index (χ2n) is 3.98. The highest BCUT2D eigenvalue weighted by atomic mass is 16.3. The van der Waals surface area contributed by atoms with Crippen molar-refractivity contribution in [1.29, 1.82) is 0 Å². The highest BCUT2D eigenvalue weighted by Crippen LogP contribution is 2.22. The average molecular weight is 240 g/mol. The lowest BCUT2D eigenvalue weighted by Crippen LogP contribution is -2.02. The van der Waals surface area contributed by atoms with Gasteiger partial charge in [-0.05, 0) is 24.3 Å². The molecule has 0 atom stereocenters. The molecule has 0 amide bonds. The van der Waals surface area contributed by atoms with E-state index in [1.807, 2.05) is 24.3 Å². The molecule has 3 aromatic rings. The van der Waals surface area contributed by atoms with E-state index in [0.29, 0.717) is 12.2 Å². The minimum absolute atomic E-state index is 0.650. The summed E-state index contributed by atoms with van der Waals surface area (Å²) in [5.41, 5.74) is 8.41. The number of nitrogens with one attached hydrogen (secondary N) is 1. The molecule has 5 heteroatoms. The normalized spacial score (nSPS) is 10.7. The van der Waals surface area contributed by atoms with Gasteiger partial charge in [-0.25, -0.2) is 9.97 Å². The zero-order valence-corrected chi connectivity index (χ0v) is 9.63. The molecule has 1 aromatic carbocycles. The first kappa shape index (κ1) is 10.6. The molecule has 0 saturated carbocycles. The molecule has 0 radical (unpaired) electrons. The fourth-order valence-corrected chi connectivity index (χ4v) is 1.79. The lowest BCUT2D eigenvalue weighted by molar-refractivity contribution is 0.564. The van der Waals surface area contributed by atoms with Gasteiger partial charge in [0.1, 0.15) is 12.1 Å². The number of anilines is 2. The molecule has 0 saturated heterocycles. The van der Waals surface area contributed by atoms with Crippen LogP contribution in [0.2, 0.25) is 0 Å². The third-order valence-electron chi connectivity index (χ3n) is 2.70. The summed E-state index contributed by atoms with van der Waals surface area (Å²) in [5.74, 6) is 0.772. The summed E-state index contributed by atoms with van der Waals surface area (Å²) in [4.78, 5) is 8.44. The first-order valence-corrected chi connectivity index (χ1v) is 5.58. The van der Waals surface area contributed by atoms with Gasteiger partial charge >= 0.3 is 0 Å². The van der Waals surface area contributed by atoms with Crippen LogP contribution >= 0.6 is 0 Å². The van der Waals surface area contributed by atoms with Gasteiger partial charge in [0.05, 0.1) is 18.0 Å². The average Bonchev–Trinajstić information content (AvgIpc) is 2.89. The van der Waals surface area contributed by atoms with E-state index in [1.54, 1.807) is 12.5 Å². The van der Waals surface area contributed by atoms with Crippen LogP contribution in [0.4, 0.5) is 11.5 Å². The second kappa shape index (κ2) is 4.37. The molecule has 2 aromatic heterocycles. The molecule has 0 unspecified atom stereocenters. The van der Waals surface area contributed by atoms with Crippen LogP contribution in [-0.4, -0.2) is 9.97 Å². The summed E-state index contributed by atoms with van der Waals surface area (Å²) < 4.78 is 5.02. The Kier molecular flexibility index (Phi) is 2.57. The largest absolute Gasteiger partial charge is 0.472 e. The maximum absolute atomic E-state index is 5.79. The van der Waals surface area contributed by atoms with E-state index in [0.717, 1.165) is 22.3 Å². The van der Waals surface area contributed by atoms with Crippen molar-refractivity contribution < 1.29 is 4.42 Å². The van der Waals surface area contributed by atoms with Crippen molar-refractivity contribution in [1.82, 2.24) is 9.97 Å². The van der Waals surface area contributed by atoms with Crippen molar-refractivity contribution in [2.75, 3.05) is 11.1 Å². The topological polar surface area (TPSA) is 77.0 Å². The summed E-state index contributed by atoms with van der Waals surface area (Å²) in [6.07, 6.45) is 4.88. The Bertz CT molecular complexity index is 664. The van der Waals surface area contributed by atoms with Crippen LogP contribution in [0.5, 0.6) is 0 Å². The van der Waals surface area contributed by atoms with Crippen LogP contribution in [0.15, 0.2) is 47.5 Å². The summed E-state index contributed by atoms with van der Waals surface area (Å²) >= 11 is 0. The minimum atomic E-state index is 0.650. The molecule has 0 bridgehead atoms. The Balaban J connectivity index is 1.93. The van der Waals surface area contributed by atoms with Crippen molar-refractivity contribution in [3.63, 3.8) is 0 Å². The summed E-state index contributed by atoms with van der Waals surface area (Å²) in [6.45, 7) is 0.650. The number of aromatic nitrogens is 2. The zero-order valence-electron chi connectivity index (χ0n) is 9.63. The Labute approximate surface area is 104 Å². The Morgan fingerprint density at radius 1 is 1.22 bits per heavy atom. The Hall–Kier alpha value is -2.56. The monoisotopic (exact) mass is 240 g/mol. The number of nitrogens with two attached hydrogens (primary N) is 1. The summed E-state index contributed by atoms with van der Waals surface area (Å²) in [7, 11) is 0. The Morgan fingerprint density at radius 3 is 3.00 bits per heavy atom. The third kappa shape index (κ3) is 1.98. The molecular weight excluding hydrogens is 228 g/mol. The molecule has 0 spiro atoms. The maximum Gasteiger partial charge on any atom is 0.137 e. The molecule has 3 rings (SSSR count). The van der Waals surface area contributed by atoms with Gasteiger partial charge in [0.25, 0.3) is 0 Å². The smallest absolute Gasteiger partial charge is 0.137 e. The number of hydrogen-bond donors (Lipinski definition) is 2. The van der Waals surface area contributed by atoms with Gasteiger partial charge in [-0.2, -0.15) is 0 Å². The highest BCUT2D eigenvalue weighted by molar-refractivity contribution is 5.91. The van der Waals surface area contributed by atoms with Gasteiger partial charge in [-0.15, -0.1) is 0 Å². The van der Waals surface area contributed by atoms with Crippen molar-refractivity contribution in [2.45, 2.75) is 6.54 Å². The summed E-state index contributed by atoms with van der Waals surface area (Å²) in [6, 6.07) is 7.49. The van der Waals surface area contributed by atoms with Crippen molar-refractivity contribution in [2.24, 2.45) is 0 Å². The third-order valence-corrected chi connectivity index (χ3v) is 2.70. The van der Waals surface area contributed by atoms with Crippen molar-refractivity contribution >= 4 is 22.4 Å². The molecule has 0 aliphatic carbocycles. The number of fused-ring (bicyclic) bond motifs is 1. The van der Waals surface area contributed by atoms with Crippen LogP contribution in [0.1, 0.15) is 5.56 Å².